The summed E-state index contributed by atoms with van der Waals surface area (Å²) in [4.78, 5) is 22.6. The minimum atomic E-state index is -0.669. The summed E-state index contributed by atoms with van der Waals surface area (Å²) in [5, 5.41) is 6.82. The normalized spacial score (nSPS) is 14.1. The second-order valence-corrected chi connectivity index (χ2v) is 6.24. The van der Waals surface area contributed by atoms with E-state index in [0.29, 0.717) is 24.7 Å². The van der Waals surface area contributed by atoms with Crippen LogP contribution in [-0.4, -0.2) is 38.7 Å². The number of carbonyl (C=O) groups excluding carboxylic acids is 1. The molecule has 138 valence electrons. The number of carbonyl (C=O) groups is 1. The molecule has 1 aliphatic rings. The van der Waals surface area contributed by atoms with Crippen LogP contribution in [0.25, 0.3) is 5.82 Å². The molecule has 1 aliphatic heterocycles. The average Bonchev–Trinajstić information content (AvgIpc) is 3.15. The van der Waals surface area contributed by atoms with Gasteiger partial charge >= 0.3 is 0 Å². The lowest BCUT2D eigenvalue weighted by atomic mass is 9.99. The molecule has 1 saturated heterocycles. The molecule has 2 aromatic heterocycles. The average molecular weight is 370 g/mol. The van der Waals surface area contributed by atoms with Crippen molar-refractivity contribution in [2.45, 2.75) is 6.54 Å². The molecule has 0 radical (unpaired) electrons. The second-order valence-electron chi connectivity index (χ2n) is 6.24. The van der Waals surface area contributed by atoms with Crippen LogP contribution in [-0.2, 0) is 11.3 Å². The fourth-order valence-corrected chi connectivity index (χ4v) is 2.86. The van der Waals surface area contributed by atoms with E-state index in [4.69, 9.17) is 0 Å². The summed E-state index contributed by atoms with van der Waals surface area (Å²) in [6, 6.07) is 6.90. The monoisotopic (exact) mass is 370 g/mol. The molecule has 1 amide bonds. The van der Waals surface area contributed by atoms with E-state index in [1.54, 1.807) is 29.2 Å². The Labute approximate surface area is 153 Å². The van der Waals surface area contributed by atoms with E-state index in [-0.39, 0.29) is 23.9 Å². The Balaban J connectivity index is 1.33. The second kappa shape index (κ2) is 7.10. The molecule has 0 bridgehead atoms. The maximum absolute atomic E-state index is 13.6. The number of rotatable bonds is 5. The van der Waals surface area contributed by atoms with Crippen molar-refractivity contribution < 1.29 is 13.6 Å². The van der Waals surface area contributed by atoms with E-state index in [2.05, 4.69) is 20.4 Å². The molecule has 27 heavy (non-hydrogen) atoms. The quantitative estimate of drug-likeness (QED) is 0.740. The van der Waals surface area contributed by atoms with Gasteiger partial charge in [-0.15, -0.1) is 0 Å². The Morgan fingerprint density at radius 1 is 1.19 bits per heavy atom. The number of amides is 1. The molecule has 1 fully saturated rings. The summed E-state index contributed by atoms with van der Waals surface area (Å²) in [6.07, 6.45) is 4.90. The van der Waals surface area contributed by atoms with Gasteiger partial charge in [0, 0.05) is 49.7 Å². The van der Waals surface area contributed by atoms with Gasteiger partial charge in [-0.3, -0.25) is 4.79 Å². The summed E-state index contributed by atoms with van der Waals surface area (Å²) >= 11 is 0. The Kier molecular flexibility index (Phi) is 4.49. The molecule has 3 heterocycles. The minimum Gasteiger partial charge on any atom is -0.355 e. The third kappa shape index (κ3) is 3.62. The molecule has 0 saturated carbocycles. The van der Waals surface area contributed by atoms with Crippen LogP contribution < -0.4 is 10.2 Å². The van der Waals surface area contributed by atoms with Crippen LogP contribution in [0.3, 0.4) is 0 Å². The molecule has 1 aromatic carbocycles. The first-order valence-corrected chi connectivity index (χ1v) is 8.39. The van der Waals surface area contributed by atoms with Crippen molar-refractivity contribution in [3.8, 4) is 5.82 Å². The Morgan fingerprint density at radius 3 is 2.74 bits per heavy atom. The van der Waals surface area contributed by atoms with Gasteiger partial charge in [0.15, 0.2) is 5.82 Å². The third-order valence-corrected chi connectivity index (χ3v) is 4.42. The van der Waals surface area contributed by atoms with Crippen molar-refractivity contribution in [3.05, 3.63) is 66.3 Å². The van der Waals surface area contributed by atoms with Crippen molar-refractivity contribution in [2.75, 3.05) is 18.0 Å². The molecule has 3 aromatic rings. The van der Waals surface area contributed by atoms with Gasteiger partial charge in [-0.25, -0.2) is 23.4 Å². The van der Waals surface area contributed by atoms with E-state index in [0.717, 1.165) is 6.07 Å². The largest absolute Gasteiger partial charge is 0.355 e. The van der Waals surface area contributed by atoms with Crippen molar-refractivity contribution in [2.24, 2.45) is 5.92 Å². The van der Waals surface area contributed by atoms with Gasteiger partial charge in [0.25, 0.3) is 0 Å². The first-order valence-electron chi connectivity index (χ1n) is 8.39. The van der Waals surface area contributed by atoms with Gasteiger partial charge in [-0.1, -0.05) is 6.07 Å². The van der Waals surface area contributed by atoms with E-state index in [9.17, 15) is 13.6 Å². The molecule has 4 rings (SSSR count). The smallest absolute Gasteiger partial charge is 0.226 e. The van der Waals surface area contributed by atoms with Gasteiger partial charge in [0.05, 0.1) is 5.92 Å². The van der Waals surface area contributed by atoms with E-state index in [1.807, 2.05) is 4.90 Å². The van der Waals surface area contributed by atoms with Crippen LogP contribution in [0.2, 0.25) is 0 Å². The predicted molar refractivity (Wildman–Crippen MR) is 93.1 cm³/mol. The molecule has 1 N–H and O–H groups in total. The molecule has 0 spiro atoms. The molecule has 0 atom stereocenters. The summed E-state index contributed by atoms with van der Waals surface area (Å²) in [5.41, 5.74) is 0.251. The summed E-state index contributed by atoms with van der Waals surface area (Å²) < 4.78 is 28.2. The van der Waals surface area contributed by atoms with E-state index in [1.165, 1.54) is 18.5 Å². The molecular formula is C18H16F2N6O. The van der Waals surface area contributed by atoms with E-state index >= 15 is 0 Å². The number of nitrogens with one attached hydrogen (secondary N) is 1. The highest BCUT2D eigenvalue weighted by molar-refractivity contribution is 5.81. The zero-order valence-corrected chi connectivity index (χ0v) is 14.2. The lowest BCUT2D eigenvalue weighted by Gasteiger charge is -2.39. The predicted octanol–water partition coefficient (Wildman–Crippen LogP) is 1.69. The Morgan fingerprint density at radius 2 is 2.00 bits per heavy atom. The number of anilines is 1. The molecular weight excluding hydrogens is 354 g/mol. The van der Waals surface area contributed by atoms with Crippen LogP contribution in [0.15, 0.2) is 49.1 Å². The maximum atomic E-state index is 13.6. The SMILES string of the molecule is O=C(NCc1ccc(F)cc1F)C1CN(c2cc(-n3cccn3)ncn2)C1. The van der Waals surface area contributed by atoms with Crippen molar-refractivity contribution in [3.63, 3.8) is 0 Å². The lowest BCUT2D eigenvalue weighted by molar-refractivity contribution is -0.125. The van der Waals surface area contributed by atoms with Crippen molar-refractivity contribution in [1.29, 1.82) is 0 Å². The fourth-order valence-electron chi connectivity index (χ4n) is 2.86. The minimum absolute atomic E-state index is 0.0262. The number of hydrogen-bond donors (Lipinski definition) is 1. The number of benzene rings is 1. The van der Waals surface area contributed by atoms with Crippen LogP contribution >= 0.6 is 0 Å². The molecule has 0 unspecified atom stereocenters. The van der Waals surface area contributed by atoms with Gasteiger partial charge in [-0.05, 0) is 12.1 Å². The number of aromatic nitrogens is 4. The number of halogens is 2. The Hall–Kier alpha value is -3.36. The highest BCUT2D eigenvalue weighted by Gasteiger charge is 2.33. The summed E-state index contributed by atoms with van der Waals surface area (Å²) in [5.74, 6) is -0.337. The number of nitrogens with zero attached hydrogens (tertiary/aromatic N) is 5. The topological polar surface area (TPSA) is 75.9 Å². The highest BCUT2D eigenvalue weighted by Crippen LogP contribution is 2.23. The van der Waals surface area contributed by atoms with Crippen LogP contribution in [0, 0.1) is 17.6 Å². The van der Waals surface area contributed by atoms with Crippen LogP contribution in [0.5, 0.6) is 0 Å². The van der Waals surface area contributed by atoms with Crippen LogP contribution in [0.4, 0.5) is 14.6 Å². The summed E-state index contributed by atoms with van der Waals surface area (Å²) in [6.45, 7) is 1.04. The van der Waals surface area contributed by atoms with Gasteiger partial charge < -0.3 is 10.2 Å². The van der Waals surface area contributed by atoms with Gasteiger partial charge in [0.2, 0.25) is 5.91 Å². The third-order valence-electron chi connectivity index (χ3n) is 4.42. The first-order chi connectivity index (χ1) is 13.1. The first kappa shape index (κ1) is 17.1. The molecule has 9 heteroatoms. The molecule has 7 nitrogen and oxygen atoms in total. The van der Waals surface area contributed by atoms with Crippen LogP contribution in [0.1, 0.15) is 5.56 Å². The van der Waals surface area contributed by atoms with Crippen molar-refractivity contribution >= 4 is 11.7 Å². The zero-order chi connectivity index (χ0) is 18.8. The fraction of sp³-hybridized carbons (Fsp3) is 0.222. The van der Waals surface area contributed by atoms with Gasteiger partial charge in [-0.2, -0.15) is 5.10 Å². The lowest BCUT2D eigenvalue weighted by Crippen LogP contribution is -2.54. The van der Waals surface area contributed by atoms with Gasteiger partial charge in [0.1, 0.15) is 23.8 Å². The number of hydrogen-bond acceptors (Lipinski definition) is 5. The molecule has 0 aliphatic carbocycles. The summed E-state index contributed by atoms with van der Waals surface area (Å²) in [7, 11) is 0. The zero-order valence-electron chi connectivity index (χ0n) is 14.2. The Bertz CT molecular complexity index is 956. The standard InChI is InChI=1S/C18H16F2N6O/c19-14-3-2-12(15(20)6-14)8-21-18(27)13-9-25(10-13)16-7-17(23-11-22-16)26-5-1-4-24-26/h1-7,11,13H,8-10H2,(H,21,27). The maximum Gasteiger partial charge on any atom is 0.226 e. The van der Waals surface area contributed by atoms with Crippen molar-refractivity contribution in [1.82, 2.24) is 25.1 Å². The highest BCUT2D eigenvalue weighted by atomic mass is 19.1. The van der Waals surface area contributed by atoms with E-state index < -0.39 is 11.6 Å².